The summed E-state index contributed by atoms with van der Waals surface area (Å²) in [5.41, 5.74) is 3.03. The van der Waals surface area contributed by atoms with Crippen molar-refractivity contribution < 1.29 is 14.8 Å². The summed E-state index contributed by atoms with van der Waals surface area (Å²) in [5, 5.41) is 10.8. The lowest BCUT2D eigenvalue weighted by atomic mass is 9.97. The second kappa shape index (κ2) is 7.64. The van der Waals surface area contributed by atoms with Crippen LogP contribution in [0.2, 0.25) is 0 Å². The number of carbonyl (C=O) groups excluding carboxylic acids is 1. The van der Waals surface area contributed by atoms with Gasteiger partial charge in [0.2, 0.25) is 0 Å². The molecule has 1 N–H and O–H groups in total. The molecule has 1 saturated heterocycles. The summed E-state index contributed by atoms with van der Waals surface area (Å²) in [4.78, 5) is 14.8. The highest BCUT2D eigenvalue weighted by molar-refractivity contribution is 5.86. The summed E-state index contributed by atoms with van der Waals surface area (Å²) in [6.07, 6.45) is 9.04. The first-order chi connectivity index (χ1) is 11.2. The number of rotatable bonds is 5. The van der Waals surface area contributed by atoms with Gasteiger partial charge in [0.1, 0.15) is 0 Å². The minimum Gasteiger partial charge on any atom is -0.545 e. The van der Waals surface area contributed by atoms with E-state index in [1.165, 1.54) is 38.6 Å². The van der Waals surface area contributed by atoms with Crippen LogP contribution in [0.4, 0.5) is 5.69 Å². The van der Waals surface area contributed by atoms with Gasteiger partial charge < -0.3 is 19.7 Å². The number of nitrogens with one attached hydrogen (secondary N) is 1. The van der Waals surface area contributed by atoms with Crippen molar-refractivity contribution in [1.29, 1.82) is 0 Å². The number of nitrogens with zero attached hydrogens (tertiary/aromatic N) is 1. The van der Waals surface area contributed by atoms with Gasteiger partial charge in [0, 0.05) is 12.1 Å². The third-order valence-corrected chi connectivity index (χ3v) is 5.12. The molecule has 1 aromatic rings. The number of carboxylic acid groups (broad SMARTS) is 1. The van der Waals surface area contributed by atoms with Crippen molar-refractivity contribution in [3.05, 3.63) is 41.5 Å². The lowest BCUT2D eigenvalue weighted by Crippen LogP contribution is -3.14. The Balaban J connectivity index is 1.46. The number of hydrogen-bond donors (Lipinski definition) is 1. The van der Waals surface area contributed by atoms with E-state index in [1.54, 1.807) is 22.6 Å². The highest BCUT2D eigenvalue weighted by atomic mass is 16.4. The number of quaternary nitrogens is 1. The smallest absolute Gasteiger partial charge is 0.0949 e. The minimum absolute atomic E-state index is 0.249. The molecule has 1 heterocycles. The molecule has 23 heavy (non-hydrogen) atoms. The van der Waals surface area contributed by atoms with Gasteiger partial charge in [-0.2, -0.15) is 0 Å². The molecule has 0 amide bonds. The summed E-state index contributed by atoms with van der Waals surface area (Å²) in [5.74, 6) is -1.11. The van der Waals surface area contributed by atoms with Crippen LogP contribution in [0.25, 0.3) is 0 Å². The molecule has 1 aromatic carbocycles. The fraction of sp³-hybridized carbons (Fsp3) is 0.526. The van der Waals surface area contributed by atoms with E-state index in [-0.39, 0.29) is 5.56 Å². The largest absolute Gasteiger partial charge is 0.545 e. The van der Waals surface area contributed by atoms with Crippen LogP contribution in [-0.4, -0.2) is 38.7 Å². The van der Waals surface area contributed by atoms with Crippen LogP contribution in [0.15, 0.2) is 35.9 Å². The van der Waals surface area contributed by atoms with Gasteiger partial charge in [0.15, 0.2) is 0 Å². The number of carboxylic acids is 1. The second-order valence-corrected chi connectivity index (χ2v) is 6.68. The van der Waals surface area contributed by atoms with Gasteiger partial charge in [-0.05, 0) is 43.4 Å². The molecule has 3 rings (SSSR count). The zero-order chi connectivity index (χ0) is 16.1. The Morgan fingerprint density at radius 2 is 1.87 bits per heavy atom. The topological polar surface area (TPSA) is 47.8 Å². The summed E-state index contributed by atoms with van der Waals surface area (Å²) < 4.78 is 0. The molecule has 4 heteroatoms. The van der Waals surface area contributed by atoms with E-state index in [2.05, 4.69) is 11.0 Å². The second-order valence-electron chi connectivity index (χ2n) is 6.68. The average Bonchev–Trinajstić information content (AvgIpc) is 2.61. The molecule has 0 saturated carbocycles. The lowest BCUT2D eigenvalue weighted by molar-refractivity contribution is -0.900. The monoisotopic (exact) mass is 314 g/mol. The summed E-state index contributed by atoms with van der Waals surface area (Å²) in [6, 6.07) is 7.06. The first kappa shape index (κ1) is 16.1. The molecule has 0 spiro atoms. The van der Waals surface area contributed by atoms with Crippen molar-refractivity contribution in [2.45, 2.75) is 32.1 Å². The van der Waals surface area contributed by atoms with E-state index in [4.69, 9.17) is 0 Å². The molecule has 4 nitrogen and oxygen atoms in total. The van der Waals surface area contributed by atoms with Crippen LogP contribution in [0.5, 0.6) is 0 Å². The first-order valence-corrected chi connectivity index (χ1v) is 8.80. The van der Waals surface area contributed by atoms with E-state index in [0.717, 1.165) is 31.9 Å². The maximum atomic E-state index is 10.8. The van der Waals surface area contributed by atoms with E-state index in [1.807, 2.05) is 12.1 Å². The normalized spacial score (nSPS) is 19.5. The van der Waals surface area contributed by atoms with Crippen LogP contribution in [0, 0.1) is 0 Å². The van der Waals surface area contributed by atoms with Crippen LogP contribution in [0.3, 0.4) is 0 Å². The Hall–Kier alpha value is -1.81. The number of benzene rings is 1. The number of anilines is 1. The van der Waals surface area contributed by atoms with Gasteiger partial charge in [-0.25, -0.2) is 0 Å². The van der Waals surface area contributed by atoms with Crippen molar-refractivity contribution in [3.8, 4) is 0 Å². The summed E-state index contributed by atoms with van der Waals surface area (Å²) in [7, 11) is 0. The van der Waals surface area contributed by atoms with Gasteiger partial charge in [0.25, 0.3) is 0 Å². The average molecular weight is 314 g/mol. The van der Waals surface area contributed by atoms with Crippen molar-refractivity contribution in [1.82, 2.24) is 0 Å². The highest BCUT2D eigenvalue weighted by Gasteiger charge is 2.20. The van der Waals surface area contributed by atoms with Crippen LogP contribution in [0.1, 0.15) is 42.5 Å². The zero-order valence-electron chi connectivity index (χ0n) is 13.7. The SMILES string of the molecule is O=C([O-])c1ccc(N2CC[NH+](CCC3=CCCCC3)CC2)cc1. The predicted molar refractivity (Wildman–Crippen MR) is 89.7 cm³/mol. The van der Waals surface area contributed by atoms with Gasteiger partial charge in [-0.3, -0.25) is 0 Å². The Bertz CT molecular complexity index is 557. The Morgan fingerprint density at radius 1 is 1.13 bits per heavy atom. The lowest BCUT2D eigenvalue weighted by Gasteiger charge is -2.34. The van der Waals surface area contributed by atoms with E-state index >= 15 is 0 Å². The van der Waals surface area contributed by atoms with Crippen molar-refractivity contribution in [2.75, 3.05) is 37.6 Å². The van der Waals surface area contributed by atoms with E-state index < -0.39 is 5.97 Å². The van der Waals surface area contributed by atoms with Crippen molar-refractivity contribution >= 4 is 11.7 Å². The summed E-state index contributed by atoms with van der Waals surface area (Å²) in [6.45, 7) is 5.66. The van der Waals surface area contributed by atoms with Crippen LogP contribution >= 0.6 is 0 Å². The van der Waals surface area contributed by atoms with Gasteiger partial charge >= 0.3 is 0 Å². The molecule has 0 bridgehead atoms. The molecular formula is C19H26N2O2. The molecular weight excluding hydrogens is 288 g/mol. The maximum Gasteiger partial charge on any atom is 0.0949 e. The Labute approximate surface area is 138 Å². The van der Waals surface area contributed by atoms with Gasteiger partial charge in [-0.15, -0.1) is 0 Å². The fourth-order valence-corrected chi connectivity index (χ4v) is 3.61. The Morgan fingerprint density at radius 3 is 2.48 bits per heavy atom. The van der Waals surface area contributed by atoms with E-state index in [0.29, 0.717) is 0 Å². The quantitative estimate of drug-likeness (QED) is 0.812. The molecule has 1 aliphatic heterocycles. The number of carbonyl (C=O) groups is 1. The molecule has 0 atom stereocenters. The maximum absolute atomic E-state index is 10.8. The zero-order valence-corrected chi connectivity index (χ0v) is 13.7. The van der Waals surface area contributed by atoms with Gasteiger partial charge in [0.05, 0.1) is 38.7 Å². The number of piperazine rings is 1. The number of aromatic carboxylic acids is 1. The molecule has 0 radical (unpaired) electrons. The third-order valence-electron chi connectivity index (χ3n) is 5.12. The van der Waals surface area contributed by atoms with Crippen molar-refractivity contribution in [2.24, 2.45) is 0 Å². The molecule has 1 aliphatic carbocycles. The molecule has 124 valence electrons. The summed E-state index contributed by atoms with van der Waals surface area (Å²) >= 11 is 0. The molecule has 0 unspecified atom stereocenters. The van der Waals surface area contributed by atoms with Crippen molar-refractivity contribution in [3.63, 3.8) is 0 Å². The standard InChI is InChI=1S/C19H26N2O2/c22-19(23)17-6-8-18(9-7-17)21-14-12-20(13-15-21)11-10-16-4-2-1-3-5-16/h4,6-9H,1-3,5,10-15H2,(H,22,23). The van der Waals surface area contributed by atoms with E-state index in [9.17, 15) is 9.90 Å². The Kier molecular flexibility index (Phi) is 5.34. The predicted octanol–water partition coefficient (Wildman–Crippen LogP) is 0.646. The fourth-order valence-electron chi connectivity index (χ4n) is 3.61. The molecule has 2 aliphatic rings. The van der Waals surface area contributed by atoms with Gasteiger partial charge in [-0.1, -0.05) is 23.8 Å². The minimum atomic E-state index is -1.11. The number of hydrogen-bond acceptors (Lipinski definition) is 3. The molecule has 1 fully saturated rings. The molecule has 0 aromatic heterocycles. The number of allylic oxidation sites excluding steroid dienone is 1. The van der Waals surface area contributed by atoms with Crippen LogP contribution in [-0.2, 0) is 0 Å². The first-order valence-electron chi connectivity index (χ1n) is 8.80. The van der Waals surface area contributed by atoms with Crippen LogP contribution < -0.4 is 14.9 Å². The third kappa shape index (κ3) is 4.35. The highest BCUT2D eigenvalue weighted by Crippen LogP contribution is 2.19.